The highest BCUT2D eigenvalue weighted by molar-refractivity contribution is 6.65. The number of rotatable bonds is 9. The Morgan fingerprint density at radius 3 is 1.01 bits per heavy atom. The van der Waals surface area contributed by atoms with E-state index in [2.05, 4.69) is 30.6 Å². The molecule has 2 aliphatic heterocycles. The Kier molecular flexibility index (Phi) is 19.6. The van der Waals surface area contributed by atoms with Crippen molar-refractivity contribution >= 4 is 6.71 Å². The molecule has 0 aromatic rings. The van der Waals surface area contributed by atoms with Gasteiger partial charge in [0.2, 0.25) is 0 Å². The Morgan fingerprint density at radius 2 is 0.559 bits per heavy atom. The fourth-order valence-corrected chi connectivity index (χ4v) is 34.6. The molecule has 2 nitrogen and oxygen atoms in total. The van der Waals surface area contributed by atoms with E-state index in [4.69, 9.17) is 0 Å². The van der Waals surface area contributed by atoms with Gasteiger partial charge in [0.25, 0.3) is 0 Å². The second-order valence-electron chi connectivity index (χ2n) is 41.8. The molecule has 93 heavy (non-hydrogen) atoms. The summed E-state index contributed by atoms with van der Waals surface area (Å²) in [7, 11) is 0. The van der Waals surface area contributed by atoms with Gasteiger partial charge in [0.1, 0.15) is 0 Å². The summed E-state index contributed by atoms with van der Waals surface area (Å²) in [4.78, 5) is 7.91. The van der Waals surface area contributed by atoms with E-state index in [9.17, 15) is 0 Å². The van der Waals surface area contributed by atoms with Gasteiger partial charge in [0.15, 0.2) is 6.71 Å². The molecule has 18 aliphatic rings. The third kappa shape index (κ3) is 12.0. The van der Waals surface area contributed by atoms with Crippen LogP contribution in [-0.4, -0.2) is 52.8 Å². The lowest BCUT2D eigenvalue weighted by Crippen LogP contribution is -2.77. The lowest BCUT2D eigenvalue weighted by atomic mass is 9.17. The molecule has 0 aromatic heterocycles. The van der Waals surface area contributed by atoms with Crippen molar-refractivity contribution in [3.05, 3.63) is 0 Å². The van der Waals surface area contributed by atoms with Gasteiger partial charge in [0, 0.05) is 36.3 Å². The molecule has 2 saturated heterocycles. The van der Waals surface area contributed by atoms with Gasteiger partial charge in [-0.25, -0.2) is 0 Å². The minimum Gasteiger partial charge on any atom is -0.295 e. The minimum atomic E-state index is 0.466. The maximum Gasteiger partial charge on any atom is 0.156 e. The van der Waals surface area contributed by atoms with Crippen molar-refractivity contribution in [3.8, 4) is 0 Å². The summed E-state index contributed by atoms with van der Waals surface area (Å²) in [5.41, 5.74) is 0.466. The van der Waals surface area contributed by atoms with Crippen LogP contribution in [0.15, 0.2) is 0 Å². The van der Waals surface area contributed by atoms with Gasteiger partial charge in [-0.2, -0.15) is 0 Å². The molecule has 16 aliphatic carbocycles. The van der Waals surface area contributed by atoms with E-state index in [0.717, 1.165) is 197 Å². The van der Waals surface area contributed by atoms with Crippen LogP contribution in [0.4, 0.5) is 0 Å². The molecule has 23 atom stereocenters. The van der Waals surface area contributed by atoms with Crippen LogP contribution in [0.2, 0.25) is 17.5 Å². The average molecular weight is 1270 g/mol. The van der Waals surface area contributed by atoms with Gasteiger partial charge in [0.05, 0.1) is 0 Å². The van der Waals surface area contributed by atoms with E-state index in [1.165, 1.54) is 12.8 Å². The largest absolute Gasteiger partial charge is 0.295 e. The second-order valence-corrected chi connectivity index (χ2v) is 41.8. The van der Waals surface area contributed by atoms with E-state index >= 15 is 0 Å². The average Bonchev–Trinajstić information content (AvgIpc) is 0.695. The van der Waals surface area contributed by atoms with Gasteiger partial charge in [-0.3, -0.25) is 9.80 Å². The minimum absolute atomic E-state index is 0.466. The van der Waals surface area contributed by atoms with Gasteiger partial charge < -0.3 is 0 Å². The summed E-state index contributed by atoms with van der Waals surface area (Å²) in [6.45, 7) is 8.95. The highest BCUT2D eigenvalue weighted by atomic mass is 15.3. The van der Waals surface area contributed by atoms with Gasteiger partial charge in [-0.15, -0.1) is 0 Å². The zero-order valence-corrected chi connectivity index (χ0v) is 61.6. The van der Waals surface area contributed by atoms with E-state index in [0.29, 0.717) is 5.41 Å². The number of hydrogen-bond acceptors (Lipinski definition) is 2. The molecule has 0 bridgehead atoms. The molecule has 0 N–H and O–H groups in total. The molecule has 522 valence electrons. The predicted octanol–water partition coefficient (Wildman–Crippen LogP) is 24.9. The summed E-state index contributed by atoms with van der Waals surface area (Å²) in [5.74, 6) is 27.1. The van der Waals surface area contributed by atoms with Crippen LogP contribution in [0, 0.1) is 142 Å². The third-order valence-electron chi connectivity index (χ3n) is 37.7. The summed E-state index contributed by atoms with van der Waals surface area (Å²) in [6.07, 6.45) is 86.4. The van der Waals surface area contributed by atoms with Crippen molar-refractivity contribution in [2.45, 2.75) is 421 Å². The molecule has 0 radical (unpaired) electrons. The molecular weight excluding hydrogens is 1120 g/mol. The molecule has 16 saturated carbocycles. The number of hydrogen-bond donors (Lipinski definition) is 0. The molecule has 18 fully saturated rings. The van der Waals surface area contributed by atoms with Crippen molar-refractivity contribution in [1.29, 1.82) is 0 Å². The standard InChI is InChI=1S/C90H149BN2/c1-90(2,3)68-48-44-59(45-49-68)67-56-83-87-84(57-67)93(89-72(62-30-15-7-16-31-62)38-22-39-73(89)63-32-17-8-18-33-63)82-53-47-66(69-50-51-78-76-41-20-35-64-34-19-40-75(85(64)76)77-43-23-42-74(69)86(77)78)55-80(82)91(87)79-54-65(58-24-9-4-10-25-58)46-52-81(79)92(83)88-70(60-26-11-5-12-27-60)36-21-37-71(88)61-28-13-6-14-29-61/h58-89H,4-57H2,1-3H3. The maximum atomic E-state index is 3.97. The van der Waals surface area contributed by atoms with Crippen molar-refractivity contribution < 1.29 is 0 Å². The lowest BCUT2D eigenvalue weighted by molar-refractivity contribution is -0.159. The number of fused-ring (bicyclic) bond motifs is 6. The molecular formula is C90H149BN2. The van der Waals surface area contributed by atoms with Crippen molar-refractivity contribution in [2.75, 3.05) is 0 Å². The topological polar surface area (TPSA) is 6.48 Å². The van der Waals surface area contributed by atoms with Crippen molar-refractivity contribution in [1.82, 2.24) is 9.80 Å². The van der Waals surface area contributed by atoms with Crippen LogP contribution in [0.3, 0.4) is 0 Å². The first-order valence-electron chi connectivity index (χ1n) is 45.4. The van der Waals surface area contributed by atoms with E-state index in [1.807, 2.05) is 0 Å². The summed E-state index contributed by atoms with van der Waals surface area (Å²) >= 11 is 0. The van der Waals surface area contributed by atoms with Crippen LogP contribution in [0.5, 0.6) is 0 Å². The second kappa shape index (κ2) is 28.0. The lowest BCUT2D eigenvalue weighted by Gasteiger charge is -2.72. The van der Waals surface area contributed by atoms with E-state index in [-0.39, 0.29) is 0 Å². The van der Waals surface area contributed by atoms with Gasteiger partial charge >= 0.3 is 0 Å². The summed E-state index contributed by atoms with van der Waals surface area (Å²) in [6, 6.07) is 5.36. The quantitative estimate of drug-likeness (QED) is 0.212. The molecule has 0 aromatic carbocycles. The van der Waals surface area contributed by atoms with Crippen molar-refractivity contribution in [2.24, 2.45) is 142 Å². The first-order chi connectivity index (χ1) is 45.8. The third-order valence-corrected chi connectivity index (χ3v) is 37.7. The van der Waals surface area contributed by atoms with Crippen LogP contribution in [-0.2, 0) is 0 Å². The zero-order valence-electron chi connectivity index (χ0n) is 61.6. The summed E-state index contributed by atoms with van der Waals surface area (Å²) < 4.78 is 0. The SMILES string of the molecule is CC(C)(C)C1CCC(C2CC3C4B(C5CC(C6CCCCC6)CCC5N3C3C(C5CCCCC5)CCCC3C3CCCCC3)C3CC(C5CCC6C7CCCC8CCCC(C9CCCC5C96)C87)CCC3N(C3C(C5CCCCC5)CCCC3C3CCCCC3)C4C2)CC1. The molecule has 0 amide bonds. The van der Waals surface area contributed by atoms with Crippen LogP contribution in [0.1, 0.15) is 367 Å². The Labute approximate surface area is 575 Å². The highest BCUT2D eigenvalue weighted by Gasteiger charge is 2.69. The van der Waals surface area contributed by atoms with Gasteiger partial charge in [-0.05, 0) is 287 Å². The van der Waals surface area contributed by atoms with E-state index in [1.54, 1.807) is 334 Å². The zero-order chi connectivity index (χ0) is 61.9. The maximum absolute atomic E-state index is 3.97. The summed E-state index contributed by atoms with van der Waals surface area (Å²) in [5, 5.41) is 0. The Balaban J connectivity index is 0.794. The number of nitrogens with zero attached hydrogens (tertiary/aromatic N) is 2. The Hall–Kier alpha value is -0.0151. The van der Waals surface area contributed by atoms with Crippen LogP contribution < -0.4 is 0 Å². The monoisotopic (exact) mass is 1270 g/mol. The smallest absolute Gasteiger partial charge is 0.156 e. The molecule has 0 spiro atoms. The van der Waals surface area contributed by atoms with E-state index < -0.39 is 0 Å². The molecule has 18 rings (SSSR count). The first kappa shape index (κ1) is 65.0. The molecule has 2 heterocycles. The molecule has 3 heteroatoms. The van der Waals surface area contributed by atoms with Gasteiger partial charge in [-0.1, -0.05) is 239 Å². The highest BCUT2D eigenvalue weighted by Crippen LogP contribution is 2.71. The van der Waals surface area contributed by atoms with Crippen LogP contribution >= 0.6 is 0 Å². The molecule has 23 unspecified atom stereocenters. The Bertz CT molecular complexity index is 2330. The van der Waals surface area contributed by atoms with Crippen LogP contribution in [0.25, 0.3) is 0 Å². The predicted molar refractivity (Wildman–Crippen MR) is 392 cm³/mol. The normalized spacial score (nSPS) is 50.4. The van der Waals surface area contributed by atoms with Crippen molar-refractivity contribution in [3.63, 3.8) is 0 Å². The fraction of sp³-hybridized carbons (Fsp3) is 1.00. The fourth-order valence-electron chi connectivity index (χ4n) is 34.6. The first-order valence-corrected chi connectivity index (χ1v) is 45.4. The Morgan fingerprint density at radius 1 is 0.226 bits per heavy atom.